The minimum Gasteiger partial charge on any atom is -0.497 e. The Hall–Kier alpha value is -1.70. The predicted molar refractivity (Wildman–Crippen MR) is 71.0 cm³/mol. The molecule has 0 fully saturated rings. The predicted octanol–water partition coefficient (Wildman–Crippen LogP) is 3.32. The molecular formula is C15H19NO. The molecule has 1 aliphatic rings. The van der Waals surface area contributed by atoms with E-state index in [-0.39, 0.29) is 5.41 Å². The van der Waals surface area contributed by atoms with E-state index in [4.69, 9.17) is 4.74 Å². The van der Waals surface area contributed by atoms with Gasteiger partial charge in [-0.3, -0.25) is 0 Å². The van der Waals surface area contributed by atoms with Gasteiger partial charge in [0.2, 0.25) is 0 Å². The Kier molecular flexibility index (Phi) is 2.97. The van der Waals surface area contributed by atoms with Crippen LogP contribution in [0.2, 0.25) is 0 Å². The van der Waals surface area contributed by atoms with Crippen molar-refractivity contribution in [2.75, 3.05) is 14.2 Å². The Morgan fingerprint density at radius 3 is 2.71 bits per heavy atom. The maximum atomic E-state index is 5.29. The summed E-state index contributed by atoms with van der Waals surface area (Å²) in [6, 6.07) is 8.27. The number of rotatable bonds is 2. The van der Waals surface area contributed by atoms with Crippen molar-refractivity contribution >= 4 is 0 Å². The Morgan fingerprint density at radius 1 is 1.29 bits per heavy atom. The normalized spacial score (nSPS) is 23.5. The maximum absolute atomic E-state index is 5.29. The van der Waals surface area contributed by atoms with Gasteiger partial charge in [-0.25, -0.2) is 0 Å². The van der Waals surface area contributed by atoms with Gasteiger partial charge in [0.05, 0.1) is 7.11 Å². The number of allylic oxidation sites excluding steroid dienone is 2. The summed E-state index contributed by atoms with van der Waals surface area (Å²) in [5, 5.41) is 0. The van der Waals surface area contributed by atoms with Crippen LogP contribution in [0.3, 0.4) is 0 Å². The van der Waals surface area contributed by atoms with Crippen molar-refractivity contribution in [2.24, 2.45) is 0 Å². The minimum absolute atomic E-state index is 0.0406. The smallest absolute Gasteiger partial charge is 0.119 e. The average molecular weight is 229 g/mol. The molecule has 1 atom stereocenters. The standard InChI is InChI=1S/C15H19NO/c1-12-11-16(3)9-8-15(12,2)13-6-5-7-14(10-13)17-4/h5-11H,1-4H3. The number of benzene rings is 1. The van der Waals surface area contributed by atoms with E-state index in [0.29, 0.717) is 0 Å². The van der Waals surface area contributed by atoms with E-state index in [1.165, 1.54) is 11.1 Å². The van der Waals surface area contributed by atoms with Crippen LogP contribution in [-0.4, -0.2) is 19.1 Å². The molecule has 90 valence electrons. The van der Waals surface area contributed by atoms with Crippen molar-refractivity contribution < 1.29 is 4.74 Å². The Labute approximate surface area is 103 Å². The largest absolute Gasteiger partial charge is 0.497 e. The van der Waals surface area contributed by atoms with Crippen molar-refractivity contribution in [3.63, 3.8) is 0 Å². The minimum atomic E-state index is -0.0406. The van der Waals surface area contributed by atoms with Crippen molar-refractivity contribution in [2.45, 2.75) is 19.3 Å². The van der Waals surface area contributed by atoms with Gasteiger partial charge in [0.15, 0.2) is 0 Å². The molecule has 2 heteroatoms. The van der Waals surface area contributed by atoms with Crippen LogP contribution in [0.25, 0.3) is 0 Å². The number of hydrogen-bond donors (Lipinski definition) is 0. The summed E-state index contributed by atoms with van der Waals surface area (Å²) in [5.41, 5.74) is 2.55. The molecule has 0 saturated carbocycles. The molecule has 1 aliphatic heterocycles. The summed E-state index contributed by atoms with van der Waals surface area (Å²) in [7, 11) is 3.75. The molecule has 0 radical (unpaired) electrons. The molecule has 0 aromatic heterocycles. The summed E-state index contributed by atoms with van der Waals surface area (Å²) >= 11 is 0. The highest BCUT2D eigenvalue weighted by Gasteiger charge is 2.28. The quantitative estimate of drug-likeness (QED) is 0.771. The number of methoxy groups -OCH3 is 1. The van der Waals surface area contributed by atoms with Crippen molar-refractivity contribution in [3.8, 4) is 5.75 Å². The molecule has 1 aromatic carbocycles. The van der Waals surface area contributed by atoms with Crippen LogP contribution in [0.4, 0.5) is 0 Å². The molecule has 0 spiro atoms. The monoisotopic (exact) mass is 229 g/mol. The first-order valence-electron chi connectivity index (χ1n) is 5.81. The van der Waals surface area contributed by atoms with Crippen LogP contribution in [0.1, 0.15) is 19.4 Å². The van der Waals surface area contributed by atoms with Gasteiger partial charge in [-0.05, 0) is 37.1 Å². The van der Waals surface area contributed by atoms with Crippen molar-refractivity contribution in [3.05, 3.63) is 53.9 Å². The fourth-order valence-corrected chi connectivity index (χ4v) is 2.15. The molecule has 1 unspecified atom stereocenters. The van der Waals surface area contributed by atoms with Gasteiger partial charge < -0.3 is 9.64 Å². The van der Waals surface area contributed by atoms with Crippen LogP contribution in [0.5, 0.6) is 5.75 Å². The van der Waals surface area contributed by atoms with Gasteiger partial charge in [-0.1, -0.05) is 18.2 Å². The van der Waals surface area contributed by atoms with E-state index in [2.05, 4.69) is 49.4 Å². The molecule has 17 heavy (non-hydrogen) atoms. The van der Waals surface area contributed by atoms with E-state index >= 15 is 0 Å². The van der Waals surface area contributed by atoms with Crippen LogP contribution in [0, 0.1) is 0 Å². The molecule has 0 saturated heterocycles. The van der Waals surface area contributed by atoms with Crippen LogP contribution in [-0.2, 0) is 5.41 Å². The lowest BCUT2D eigenvalue weighted by Gasteiger charge is -2.33. The molecule has 2 rings (SSSR count). The number of ether oxygens (including phenoxy) is 1. The zero-order chi connectivity index (χ0) is 12.5. The Bertz CT molecular complexity index is 476. The van der Waals surface area contributed by atoms with Gasteiger partial charge in [0.25, 0.3) is 0 Å². The van der Waals surface area contributed by atoms with Crippen molar-refractivity contribution in [1.29, 1.82) is 0 Å². The lowest BCUT2D eigenvalue weighted by atomic mass is 9.75. The third kappa shape index (κ3) is 2.07. The van der Waals surface area contributed by atoms with Crippen molar-refractivity contribution in [1.82, 2.24) is 4.90 Å². The first-order chi connectivity index (χ1) is 8.06. The molecule has 0 bridgehead atoms. The molecule has 0 N–H and O–H groups in total. The fraction of sp³-hybridized carbons (Fsp3) is 0.333. The van der Waals surface area contributed by atoms with Gasteiger partial charge >= 0.3 is 0 Å². The van der Waals surface area contributed by atoms with E-state index in [1.807, 2.05) is 19.2 Å². The highest BCUT2D eigenvalue weighted by molar-refractivity contribution is 5.44. The lowest BCUT2D eigenvalue weighted by molar-refractivity contribution is 0.413. The van der Waals surface area contributed by atoms with E-state index in [1.54, 1.807) is 7.11 Å². The van der Waals surface area contributed by atoms with Gasteiger partial charge in [-0.15, -0.1) is 0 Å². The average Bonchev–Trinajstić information content (AvgIpc) is 2.34. The topological polar surface area (TPSA) is 12.5 Å². The lowest BCUT2D eigenvalue weighted by Crippen LogP contribution is -2.26. The molecule has 2 nitrogen and oxygen atoms in total. The van der Waals surface area contributed by atoms with Crippen LogP contribution in [0.15, 0.2) is 48.3 Å². The third-order valence-electron chi connectivity index (χ3n) is 3.53. The second kappa shape index (κ2) is 4.28. The van der Waals surface area contributed by atoms with Gasteiger partial charge in [0, 0.05) is 24.9 Å². The highest BCUT2D eigenvalue weighted by Crippen LogP contribution is 2.37. The SMILES string of the molecule is COc1cccc(C2(C)C=CN(C)C=C2C)c1. The van der Waals surface area contributed by atoms with E-state index < -0.39 is 0 Å². The third-order valence-corrected chi connectivity index (χ3v) is 3.53. The fourth-order valence-electron chi connectivity index (χ4n) is 2.15. The summed E-state index contributed by atoms with van der Waals surface area (Å²) in [5.74, 6) is 0.906. The molecule has 0 aliphatic carbocycles. The first-order valence-corrected chi connectivity index (χ1v) is 5.81. The van der Waals surface area contributed by atoms with Gasteiger partial charge in [-0.2, -0.15) is 0 Å². The molecule has 0 amide bonds. The van der Waals surface area contributed by atoms with Crippen LogP contribution < -0.4 is 4.74 Å². The van der Waals surface area contributed by atoms with E-state index in [9.17, 15) is 0 Å². The highest BCUT2D eigenvalue weighted by atomic mass is 16.5. The summed E-state index contributed by atoms with van der Waals surface area (Å²) in [6.45, 7) is 4.40. The Morgan fingerprint density at radius 2 is 2.06 bits per heavy atom. The summed E-state index contributed by atoms with van der Waals surface area (Å²) < 4.78 is 5.29. The zero-order valence-electron chi connectivity index (χ0n) is 10.9. The Balaban J connectivity index is 2.44. The molecule has 1 aromatic rings. The second-order valence-electron chi connectivity index (χ2n) is 4.73. The first kappa shape index (κ1) is 11.8. The second-order valence-corrected chi connectivity index (χ2v) is 4.73. The van der Waals surface area contributed by atoms with Crippen LogP contribution >= 0.6 is 0 Å². The number of nitrogens with zero attached hydrogens (tertiary/aromatic N) is 1. The van der Waals surface area contributed by atoms with Gasteiger partial charge in [0.1, 0.15) is 5.75 Å². The maximum Gasteiger partial charge on any atom is 0.119 e. The molecular weight excluding hydrogens is 210 g/mol. The van der Waals surface area contributed by atoms with E-state index in [0.717, 1.165) is 5.75 Å². The summed E-state index contributed by atoms with van der Waals surface area (Å²) in [6.07, 6.45) is 6.50. The summed E-state index contributed by atoms with van der Waals surface area (Å²) in [4.78, 5) is 2.08. The zero-order valence-corrected chi connectivity index (χ0v) is 10.9. The molecule has 1 heterocycles. The number of hydrogen-bond acceptors (Lipinski definition) is 2.